The normalized spacial score (nSPS) is 16.4. The van der Waals surface area contributed by atoms with Crippen LogP contribution in [0, 0.1) is 13.8 Å². The minimum atomic E-state index is -0.848. The van der Waals surface area contributed by atoms with Gasteiger partial charge >= 0.3 is 5.97 Å². The van der Waals surface area contributed by atoms with Gasteiger partial charge in [0, 0.05) is 15.6 Å². The smallest absolute Gasteiger partial charge is 0.314 e. The summed E-state index contributed by atoms with van der Waals surface area (Å²) in [6.45, 7) is 3.85. The standard InChI is InChI=1S/C15H19BrO4/c1-8-10(15(14(17)18)6-5-7-15)13(20-4)12(19-3)9(2)11(8)16/h5-7H2,1-4H3,(H,17,18). The molecule has 0 bridgehead atoms. The molecule has 0 heterocycles. The summed E-state index contributed by atoms with van der Waals surface area (Å²) in [7, 11) is 3.13. The SMILES string of the molecule is COc1c(C)c(Br)c(C)c(C2(C(=O)O)CCC2)c1OC. The van der Waals surface area contributed by atoms with Crippen molar-refractivity contribution in [1.29, 1.82) is 0 Å². The zero-order chi connectivity index (χ0) is 15.1. The molecule has 1 aliphatic rings. The van der Waals surface area contributed by atoms with Gasteiger partial charge < -0.3 is 14.6 Å². The van der Waals surface area contributed by atoms with E-state index in [4.69, 9.17) is 9.47 Å². The van der Waals surface area contributed by atoms with Crippen LogP contribution in [0.2, 0.25) is 0 Å². The molecule has 0 spiro atoms. The van der Waals surface area contributed by atoms with Crippen molar-refractivity contribution in [2.24, 2.45) is 0 Å². The number of methoxy groups -OCH3 is 2. The zero-order valence-electron chi connectivity index (χ0n) is 12.2. The summed E-state index contributed by atoms with van der Waals surface area (Å²) in [5.41, 5.74) is 1.74. The minimum absolute atomic E-state index is 0.549. The van der Waals surface area contributed by atoms with E-state index < -0.39 is 11.4 Å². The van der Waals surface area contributed by atoms with Crippen LogP contribution < -0.4 is 9.47 Å². The van der Waals surface area contributed by atoms with Crippen LogP contribution in [0.5, 0.6) is 11.5 Å². The van der Waals surface area contributed by atoms with Gasteiger partial charge in [-0.15, -0.1) is 0 Å². The molecular weight excluding hydrogens is 324 g/mol. The van der Waals surface area contributed by atoms with Crippen LogP contribution in [-0.4, -0.2) is 25.3 Å². The molecule has 0 aliphatic heterocycles. The highest BCUT2D eigenvalue weighted by atomic mass is 79.9. The van der Waals surface area contributed by atoms with Crippen molar-refractivity contribution in [3.05, 3.63) is 21.2 Å². The van der Waals surface area contributed by atoms with Gasteiger partial charge in [0.05, 0.1) is 19.6 Å². The molecule has 110 valence electrons. The number of rotatable bonds is 4. The van der Waals surface area contributed by atoms with Gasteiger partial charge in [0.2, 0.25) is 0 Å². The number of aliphatic carboxylic acids is 1. The monoisotopic (exact) mass is 342 g/mol. The van der Waals surface area contributed by atoms with Crippen molar-refractivity contribution >= 4 is 21.9 Å². The molecule has 4 nitrogen and oxygen atoms in total. The summed E-state index contributed by atoms with van der Waals surface area (Å²) in [5, 5.41) is 9.69. The molecule has 1 saturated carbocycles. The van der Waals surface area contributed by atoms with Crippen molar-refractivity contribution in [2.75, 3.05) is 14.2 Å². The Labute approximate surface area is 127 Å². The van der Waals surface area contributed by atoms with Gasteiger partial charge in [-0.2, -0.15) is 0 Å². The van der Waals surface area contributed by atoms with Gasteiger partial charge in [0.15, 0.2) is 11.5 Å². The van der Waals surface area contributed by atoms with E-state index in [0.717, 1.165) is 27.6 Å². The summed E-state index contributed by atoms with van der Waals surface area (Å²) < 4.78 is 11.8. The number of hydrogen-bond acceptors (Lipinski definition) is 3. The lowest BCUT2D eigenvalue weighted by molar-refractivity contribution is -0.147. The third kappa shape index (κ3) is 1.91. The van der Waals surface area contributed by atoms with E-state index in [1.807, 2.05) is 13.8 Å². The Morgan fingerprint density at radius 2 is 1.70 bits per heavy atom. The highest BCUT2D eigenvalue weighted by Gasteiger charge is 2.49. The highest BCUT2D eigenvalue weighted by Crippen LogP contribution is 2.53. The Hall–Kier alpha value is -1.23. The Morgan fingerprint density at radius 3 is 2.05 bits per heavy atom. The molecule has 0 radical (unpaired) electrons. The van der Waals surface area contributed by atoms with Gasteiger partial charge in [0.25, 0.3) is 0 Å². The van der Waals surface area contributed by atoms with Crippen LogP contribution in [0.4, 0.5) is 0 Å². The molecule has 1 aliphatic carbocycles. The summed E-state index contributed by atoms with van der Waals surface area (Å²) >= 11 is 3.55. The van der Waals surface area contributed by atoms with Gasteiger partial charge in [-0.1, -0.05) is 22.4 Å². The molecule has 5 heteroatoms. The maximum atomic E-state index is 11.8. The maximum Gasteiger partial charge on any atom is 0.314 e. The molecule has 1 aromatic carbocycles. The average molecular weight is 343 g/mol. The molecule has 0 unspecified atom stereocenters. The van der Waals surface area contributed by atoms with E-state index in [-0.39, 0.29) is 0 Å². The van der Waals surface area contributed by atoms with E-state index >= 15 is 0 Å². The second-order valence-corrected chi connectivity index (χ2v) is 6.04. The number of benzene rings is 1. The Morgan fingerprint density at radius 1 is 1.15 bits per heavy atom. The lowest BCUT2D eigenvalue weighted by atomic mass is 9.63. The minimum Gasteiger partial charge on any atom is -0.493 e. The van der Waals surface area contributed by atoms with E-state index in [0.29, 0.717) is 24.3 Å². The molecule has 0 amide bonds. The van der Waals surface area contributed by atoms with Crippen LogP contribution in [0.1, 0.15) is 36.0 Å². The lowest BCUT2D eigenvalue weighted by Crippen LogP contribution is -2.43. The fourth-order valence-electron chi connectivity index (χ4n) is 3.06. The van der Waals surface area contributed by atoms with Gasteiger partial charge in [0.1, 0.15) is 0 Å². The predicted octanol–water partition coefficient (Wildman–Crippen LogP) is 3.59. The lowest BCUT2D eigenvalue weighted by Gasteiger charge is -2.40. The fourth-order valence-corrected chi connectivity index (χ4v) is 3.44. The number of ether oxygens (including phenoxy) is 2. The van der Waals surface area contributed by atoms with Crippen LogP contribution >= 0.6 is 15.9 Å². The molecule has 1 N–H and O–H groups in total. The quantitative estimate of drug-likeness (QED) is 0.908. The van der Waals surface area contributed by atoms with Crippen molar-refractivity contribution in [1.82, 2.24) is 0 Å². The van der Waals surface area contributed by atoms with Gasteiger partial charge in [-0.3, -0.25) is 4.79 Å². The number of hydrogen-bond donors (Lipinski definition) is 1. The molecule has 2 rings (SSSR count). The Balaban J connectivity index is 2.81. The number of halogens is 1. The molecule has 1 fully saturated rings. The van der Waals surface area contributed by atoms with Gasteiger partial charge in [-0.05, 0) is 32.3 Å². The molecule has 0 aromatic heterocycles. The molecule has 1 aromatic rings. The van der Waals surface area contributed by atoms with Crippen molar-refractivity contribution in [2.45, 2.75) is 38.5 Å². The zero-order valence-corrected chi connectivity index (χ0v) is 13.8. The Kier molecular flexibility index (Phi) is 4.00. The van der Waals surface area contributed by atoms with E-state index in [9.17, 15) is 9.90 Å². The van der Waals surface area contributed by atoms with Crippen LogP contribution in [-0.2, 0) is 10.2 Å². The fraction of sp³-hybridized carbons (Fsp3) is 0.533. The summed E-state index contributed by atoms with van der Waals surface area (Å²) in [5.74, 6) is 0.364. The second-order valence-electron chi connectivity index (χ2n) is 5.25. The van der Waals surface area contributed by atoms with Crippen LogP contribution in [0.15, 0.2) is 4.47 Å². The maximum absolute atomic E-state index is 11.8. The number of carboxylic acids is 1. The van der Waals surface area contributed by atoms with Crippen molar-refractivity contribution in [3.8, 4) is 11.5 Å². The second kappa shape index (κ2) is 5.28. The third-order valence-electron chi connectivity index (χ3n) is 4.31. The van der Waals surface area contributed by atoms with Crippen LogP contribution in [0.3, 0.4) is 0 Å². The predicted molar refractivity (Wildman–Crippen MR) is 79.9 cm³/mol. The summed E-state index contributed by atoms with van der Waals surface area (Å²) in [4.78, 5) is 11.8. The third-order valence-corrected chi connectivity index (χ3v) is 5.50. The number of carboxylic acid groups (broad SMARTS) is 1. The van der Waals surface area contributed by atoms with Crippen molar-refractivity contribution in [3.63, 3.8) is 0 Å². The van der Waals surface area contributed by atoms with Crippen molar-refractivity contribution < 1.29 is 19.4 Å². The first-order valence-corrected chi connectivity index (χ1v) is 7.34. The molecule has 0 atom stereocenters. The first-order valence-electron chi connectivity index (χ1n) is 6.55. The largest absolute Gasteiger partial charge is 0.493 e. The average Bonchev–Trinajstić information content (AvgIpc) is 2.36. The molecule has 0 saturated heterocycles. The first kappa shape index (κ1) is 15.2. The first-order chi connectivity index (χ1) is 9.40. The van der Waals surface area contributed by atoms with E-state index in [1.54, 1.807) is 14.2 Å². The van der Waals surface area contributed by atoms with Crippen LogP contribution in [0.25, 0.3) is 0 Å². The molecular formula is C15H19BrO4. The van der Waals surface area contributed by atoms with Gasteiger partial charge in [-0.25, -0.2) is 0 Å². The van der Waals surface area contributed by atoms with E-state index in [1.165, 1.54) is 0 Å². The topological polar surface area (TPSA) is 55.8 Å². The molecule has 20 heavy (non-hydrogen) atoms. The Bertz CT molecular complexity index is 562. The van der Waals surface area contributed by atoms with E-state index in [2.05, 4.69) is 15.9 Å². The summed E-state index contributed by atoms with van der Waals surface area (Å²) in [6, 6.07) is 0. The summed E-state index contributed by atoms with van der Waals surface area (Å²) in [6.07, 6.45) is 2.19. The number of carbonyl (C=O) groups is 1. The highest BCUT2D eigenvalue weighted by molar-refractivity contribution is 9.10.